The van der Waals surface area contributed by atoms with Crippen molar-refractivity contribution in [2.24, 2.45) is 0 Å². The quantitative estimate of drug-likeness (QED) is 0.820. The molecule has 19 heavy (non-hydrogen) atoms. The molecule has 1 amide bonds. The molecule has 104 valence electrons. The van der Waals surface area contributed by atoms with E-state index in [9.17, 15) is 14.7 Å². The minimum Gasteiger partial charge on any atom is -0.508 e. The number of aromatic hydroxyl groups is 1. The summed E-state index contributed by atoms with van der Waals surface area (Å²) in [5, 5.41) is 12.3. The maximum atomic E-state index is 11.7. The van der Waals surface area contributed by atoms with Gasteiger partial charge in [0.1, 0.15) is 17.6 Å². The van der Waals surface area contributed by atoms with Crippen molar-refractivity contribution < 1.29 is 19.4 Å². The maximum absolute atomic E-state index is 11.7. The van der Waals surface area contributed by atoms with Gasteiger partial charge in [-0.2, -0.15) is 0 Å². The monoisotopic (exact) mass is 265 g/mol. The van der Waals surface area contributed by atoms with Crippen LogP contribution in [0, 0.1) is 0 Å². The SMILES string of the molecule is CC(C)(C)OC(=O)NC(CC=O)c1ccccc1O. The molecule has 0 heterocycles. The van der Waals surface area contributed by atoms with Crippen LogP contribution in [0.15, 0.2) is 24.3 Å². The molecule has 1 atom stereocenters. The third-order valence-corrected chi connectivity index (χ3v) is 2.34. The van der Waals surface area contributed by atoms with Crippen LogP contribution < -0.4 is 5.32 Å². The third kappa shape index (κ3) is 4.99. The molecule has 0 saturated carbocycles. The number of carbonyl (C=O) groups is 2. The Bertz CT molecular complexity index is 451. The number of phenolic OH excluding ortho intramolecular Hbond substituents is 1. The van der Waals surface area contributed by atoms with E-state index in [2.05, 4.69) is 5.32 Å². The fourth-order valence-corrected chi connectivity index (χ4v) is 1.59. The lowest BCUT2D eigenvalue weighted by atomic mass is 10.0. The van der Waals surface area contributed by atoms with Gasteiger partial charge in [-0.25, -0.2) is 4.79 Å². The topological polar surface area (TPSA) is 75.6 Å². The zero-order valence-electron chi connectivity index (χ0n) is 11.3. The molecule has 0 aromatic heterocycles. The normalized spacial score (nSPS) is 12.6. The smallest absolute Gasteiger partial charge is 0.408 e. The van der Waals surface area contributed by atoms with Crippen molar-refractivity contribution in [1.29, 1.82) is 0 Å². The summed E-state index contributed by atoms with van der Waals surface area (Å²) < 4.78 is 5.13. The van der Waals surface area contributed by atoms with Crippen molar-refractivity contribution in [3.63, 3.8) is 0 Å². The van der Waals surface area contributed by atoms with E-state index < -0.39 is 17.7 Å². The molecule has 0 saturated heterocycles. The van der Waals surface area contributed by atoms with E-state index in [1.54, 1.807) is 39.0 Å². The van der Waals surface area contributed by atoms with E-state index >= 15 is 0 Å². The Hall–Kier alpha value is -2.04. The first-order valence-corrected chi connectivity index (χ1v) is 6.04. The Labute approximate surface area is 112 Å². The standard InChI is InChI=1S/C14H19NO4/c1-14(2,3)19-13(18)15-11(8-9-16)10-6-4-5-7-12(10)17/h4-7,9,11,17H,8H2,1-3H3,(H,15,18). The highest BCUT2D eigenvalue weighted by atomic mass is 16.6. The van der Waals surface area contributed by atoms with E-state index in [0.717, 1.165) is 0 Å². The van der Waals surface area contributed by atoms with E-state index in [1.165, 1.54) is 6.07 Å². The number of alkyl carbamates (subject to hydrolysis) is 1. The first-order chi connectivity index (χ1) is 8.83. The number of ether oxygens (including phenoxy) is 1. The molecule has 0 fully saturated rings. The van der Waals surface area contributed by atoms with Crippen LogP contribution in [0.2, 0.25) is 0 Å². The van der Waals surface area contributed by atoms with E-state index in [1.807, 2.05) is 0 Å². The summed E-state index contributed by atoms with van der Waals surface area (Å²) in [6.07, 6.45) is 0.133. The van der Waals surface area contributed by atoms with Gasteiger partial charge in [0.2, 0.25) is 0 Å². The van der Waals surface area contributed by atoms with Crippen molar-refractivity contribution in [1.82, 2.24) is 5.32 Å². The van der Waals surface area contributed by atoms with Crippen LogP contribution in [0.25, 0.3) is 0 Å². The zero-order valence-corrected chi connectivity index (χ0v) is 11.3. The van der Waals surface area contributed by atoms with E-state index in [0.29, 0.717) is 11.8 Å². The molecular weight excluding hydrogens is 246 g/mol. The van der Waals surface area contributed by atoms with E-state index in [-0.39, 0.29) is 12.2 Å². The number of aldehydes is 1. The number of hydrogen-bond donors (Lipinski definition) is 2. The number of benzene rings is 1. The van der Waals surface area contributed by atoms with Crippen molar-refractivity contribution in [3.05, 3.63) is 29.8 Å². The number of carbonyl (C=O) groups excluding carboxylic acids is 2. The van der Waals surface area contributed by atoms with Crippen LogP contribution in [0.4, 0.5) is 4.79 Å². The van der Waals surface area contributed by atoms with Gasteiger partial charge in [0.15, 0.2) is 0 Å². The first kappa shape index (κ1) is 15.0. The Morgan fingerprint density at radius 2 is 2.05 bits per heavy atom. The summed E-state index contributed by atoms with van der Waals surface area (Å²) in [6.45, 7) is 5.25. The first-order valence-electron chi connectivity index (χ1n) is 6.04. The molecule has 0 bridgehead atoms. The number of nitrogens with one attached hydrogen (secondary N) is 1. The van der Waals surface area contributed by atoms with Crippen LogP contribution in [-0.2, 0) is 9.53 Å². The molecule has 1 aromatic rings. The highest BCUT2D eigenvalue weighted by molar-refractivity contribution is 5.69. The molecule has 0 radical (unpaired) electrons. The molecule has 2 N–H and O–H groups in total. The highest BCUT2D eigenvalue weighted by Crippen LogP contribution is 2.25. The second-order valence-corrected chi connectivity index (χ2v) is 5.16. The van der Waals surface area contributed by atoms with Gasteiger partial charge >= 0.3 is 6.09 Å². The molecule has 1 aromatic carbocycles. The van der Waals surface area contributed by atoms with Crippen molar-refractivity contribution >= 4 is 12.4 Å². The second kappa shape index (κ2) is 6.22. The van der Waals surface area contributed by atoms with E-state index in [4.69, 9.17) is 4.74 Å². The maximum Gasteiger partial charge on any atom is 0.408 e. The highest BCUT2D eigenvalue weighted by Gasteiger charge is 2.21. The number of rotatable bonds is 4. The van der Waals surface area contributed by atoms with Crippen molar-refractivity contribution in [2.75, 3.05) is 0 Å². The number of hydrogen-bond acceptors (Lipinski definition) is 4. The van der Waals surface area contributed by atoms with Crippen LogP contribution in [0.1, 0.15) is 38.8 Å². The summed E-state index contributed by atoms with van der Waals surface area (Å²) >= 11 is 0. The summed E-state index contributed by atoms with van der Waals surface area (Å²) in [5.41, 5.74) is -0.130. The predicted molar refractivity (Wildman–Crippen MR) is 70.9 cm³/mol. The fourth-order valence-electron chi connectivity index (χ4n) is 1.59. The Kier molecular flexibility index (Phi) is 4.92. The summed E-state index contributed by atoms with van der Waals surface area (Å²) in [6, 6.07) is 5.95. The Morgan fingerprint density at radius 1 is 1.42 bits per heavy atom. The summed E-state index contributed by atoms with van der Waals surface area (Å²) in [7, 11) is 0. The van der Waals surface area contributed by atoms with Crippen molar-refractivity contribution in [2.45, 2.75) is 38.8 Å². The van der Waals surface area contributed by atoms with Crippen LogP contribution in [0.5, 0.6) is 5.75 Å². The molecule has 1 unspecified atom stereocenters. The van der Waals surface area contributed by atoms with Gasteiger partial charge in [0.05, 0.1) is 6.04 Å². The second-order valence-electron chi connectivity index (χ2n) is 5.16. The largest absolute Gasteiger partial charge is 0.508 e. The minimum absolute atomic E-state index is 0.0328. The van der Waals surface area contributed by atoms with Crippen molar-refractivity contribution in [3.8, 4) is 5.75 Å². The lowest BCUT2D eigenvalue weighted by Crippen LogP contribution is -2.35. The van der Waals surface area contributed by atoms with Gasteiger partial charge < -0.3 is 20.0 Å². The molecule has 5 heteroatoms. The van der Waals surface area contributed by atoms with Gasteiger partial charge in [-0.3, -0.25) is 0 Å². The van der Waals surface area contributed by atoms with Gasteiger partial charge in [-0.1, -0.05) is 18.2 Å². The van der Waals surface area contributed by atoms with Gasteiger partial charge in [-0.15, -0.1) is 0 Å². The average molecular weight is 265 g/mol. The molecule has 0 spiro atoms. The summed E-state index contributed by atoms with van der Waals surface area (Å²) in [4.78, 5) is 22.4. The fraction of sp³-hybridized carbons (Fsp3) is 0.429. The number of para-hydroxylation sites is 1. The van der Waals surface area contributed by atoms with Crippen LogP contribution in [-0.4, -0.2) is 23.1 Å². The van der Waals surface area contributed by atoms with Crippen LogP contribution in [0.3, 0.4) is 0 Å². The number of phenols is 1. The minimum atomic E-state index is -0.623. The molecular formula is C14H19NO4. The lowest BCUT2D eigenvalue weighted by Gasteiger charge is -2.23. The molecule has 1 rings (SSSR count). The average Bonchev–Trinajstić information content (AvgIpc) is 2.26. The number of amides is 1. The zero-order chi connectivity index (χ0) is 14.5. The molecule has 0 aliphatic heterocycles. The molecule has 0 aliphatic carbocycles. The van der Waals surface area contributed by atoms with Crippen LogP contribution >= 0.6 is 0 Å². The Balaban J connectivity index is 2.82. The lowest BCUT2D eigenvalue weighted by molar-refractivity contribution is -0.108. The summed E-state index contributed by atoms with van der Waals surface area (Å²) in [5.74, 6) is 0.0328. The predicted octanol–water partition coefficient (Wildman–Crippen LogP) is 2.55. The molecule has 5 nitrogen and oxygen atoms in total. The van der Waals surface area contributed by atoms with Gasteiger partial charge in [0, 0.05) is 12.0 Å². The molecule has 0 aliphatic rings. The van der Waals surface area contributed by atoms with Gasteiger partial charge in [-0.05, 0) is 26.8 Å². The Morgan fingerprint density at radius 3 is 2.58 bits per heavy atom. The van der Waals surface area contributed by atoms with Gasteiger partial charge in [0.25, 0.3) is 0 Å². The third-order valence-electron chi connectivity index (χ3n) is 2.34.